The van der Waals surface area contributed by atoms with Crippen molar-refractivity contribution in [2.75, 3.05) is 0 Å². The van der Waals surface area contributed by atoms with E-state index in [1.54, 1.807) is 0 Å². The van der Waals surface area contributed by atoms with Crippen LogP contribution in [0.1, 0.15) is 19.4 Å². The van der Waals surface area contributed by atoms with Crippen molar-refractivity contribution in [3.05, 3.63) is 35.9 Å². The molecule has 0 unspecified atom stereocenters. The summed E-state index contributed by atoms with van der Waals surface area (Å²) in [5, 5.41) is 0. The van der Waals surface area contributed by atoms with E-state index in [2.05, 4.69) is 35.8 Å². The minimum absolute atomic E-state index is 1.17. The van der Waals surface area contributed by atoms with Gasteiger partial charge in [0.2, 0.25) is 0 Å². The van der Waals surface area contributed by atoms with Crippen molar-refractivity contribution in [3.8, 4) is 9.86 Å². The first-order valence-corrected chi connectivity index (χ1v) is 10.2. The van der Waals surface area contributed by atoms with Gasteiger partial charge in [-0.3, -0.25) is 0 Å². The van der Waals surface area contributed by atoms with Gasteiger partial charge in [-0.1, -0.05) is 0 Å². The second-order valence-electron chi connectivity index (χ2n) is 2.93. The third-order valence-electron chi connectivity index (χ3n) is 2.01. The normalized spacial score (nSPS) is 9.46. The van der Waals surface area contributed by atoms with E-state index in [0.717, 1.165) is 0 Å². The van der Waals surface area contributed by atoms with Crippen LogP contribution < -0.4 is 0 Å². The Morgan fingerprint density at radius 1 is 1.08 bits per heavy atom. The van der Waals surface area contributed by atoms with Gasteiger partial charge in [0, 0.05) is 0 Å². The molecular formula is C12H15Sn. The Kier molecular flexibility index (Phi) is 5.00. The van der Waals surface area contributed by atoms with E-state index in [4.69, 9.17) is 0 Å². The zero-order valence-electron chi connectivity index (χ0n) is 8.30. The molecule has 1 radical (unpaired) electrons. The number of rotatable bonds is 2. The fraction of sp³-hybridized carbons (Fsp3) is 0.333. The third kappa shape index (κ3) is 3.87. The molecule has 0 amide bonds. The molecule has 1 aromatic carbocycles. The Hall–Kier alpha value is -0.421. The Bertz CT molecular complexity index is 288. The van der Waals surface area contributed by atoms with Crippen molar-refractivity contribution in [2.45, 2.75) is 22.7 Å². The van der Waals surface area contributed by atoms with Crippen LogP contribution in [-0.2, 0) is 0 Å². The second-order valence-corrected chi connectivity index (χ2v) is 11.1. The van der Waals surface area contributed by atoms with Crippen LogP contribution in [-0.4, -0.2) is 19.8 Å². The number of hydrogen-bond acceptors (Lipinski definition) is 0. The topological polar surface area (TPSA) is 0 Å². The molecule has 0 atom stereocenters. The molecule has 0 aliphatic carbocycles. The van der Waals surface area contributed by atoms with E-state index < -0.39 is 19.8 Å². The summed E-state index contributed by atoms with van der Waals surface area (Å²) in [4.78, 5) is 0. The Balaban J connectivity index is 2.66. The van der Waals surface area contributed by atoms with Crippen molar-refractivity contribution in [2.24, 2.45) is 0 Å². The predicted octanol–water partition coefficient (Wildman–Crippen LogP) is 3.11. The van der Waals surface area contributed by atoms with Gasteiger partial charge in [0.1, 0.15) is 0 Å². The molecule has 0 fully saturated rings. The van der Waals surface area contributed by atoms with Gasteiger partial charge in [0.25, 0.3) is 0 Å². The average Bonchev–Trinajstić information content (AvgIpc) is 2.21. The van der Waals surface area contributed by atoms with Crippen LogP contribution in [0, 0.1) is 9.86 Å². The van der Waals surface area contributed by atoms with Crippen LogP contribution in [0.15, 0.2) is 30.3 Å². The summed E-state index contributed by atoms with van der Waals surface area (Å²) < 4.78 is 6.17. The number of benzene rings is 1. The van der Waals surface area contributed by atoms with Gasteiger partial charge >= 0.3 is 88.2 Å². The molecule has 0 saturated carbocycles. The second kappa shape index (κ2) is 6.10. The van der Waals surface area contributed by atoms with Crippen molar-refractivity contribution in [1.29, 1.82) is 0 Å². The molecule has 1 heteroatoms. The molecule has 0 N–H and O–H groups in total. The quantitative estimate of drug-likeness (QED) is 0.576. The first-order chi connectivity index (χ1) is 6.36. The van der Waals surface area contributed by atoms with Crippen LogP contribution in [0.3, 0.4) is 0 Å². The molecule has 13 heavy (non-hydrogen) atoms. The molecule has 0 spiro atoms. The summed E-state index contributed by atoms with van der Waals surface area (Å²) in [7, 11) is 0. The van der Waals surface area contributed by atoms with Crippen molar-refractivity contribution in [3.63, 3.8) is 0 Å². The van der Waals surface area contributed by atoms with Crippen LogP contribution >= 0.6 is 0 Å². The van der Waals surface area contributed by atoms with Gasteiger partial charge in [-0.15, -0.1) is 0 Å². The van der Waals surface area contributed by atoms with Gasteiger partial charge in [0.15, 0.2) is 0 Å². The SMILES string of the molecule is C[CH2][Sn]([C]#Cc1ccccc1)[CH2]C. The standard InChI is InChI=1S/C8H5.2C2H5.Sn/c1-2-8-6-4-3-5-7-8;2*1-2;/h3-7H;2*1H2,2H3;. The summed E-state index contributed by atoms with van der Waals surface area (Å²) in [5.74, 6) is 3.28. The molecule has 1 aromatic rings. The fourth-order valence-electron chi connectivity index (χ4n) is 1.11. The van der Waals surface area contributed by atoms with Gasteiger partial charge in [-0.05, 0) is 0 Å². The van der Waals surface area contributed by atoms with Crippen LogP contribution in [0.25, 0.3) is 0 Å². The van der Waals surface area contributed by atoms with Gasteiger partial charge < -0.3 is 0 Å². The average molecular weight is 278 g/mol. The maximum absolute atomic E-state index is 3.48. The maximum atomic E-state index is 3.48. The van der Waals surface area contributed by atoms with E-state index in [1.165, 1.54) is 14.4 Å². The first kappa shape index (κ1) is 10.7. The number of hydrogen-bond donors (Lipinski definition) is 0. The molecule has 0 heterocycles. The molecule has 67 valence electrons. The third-order valence-corrected chi connectivity index (χ3v) is 8.25. The van der Waals surface area contributed by atoms with Gasteiger partial charge in [0.05, 0.1) is 0 Å². The van der Waals surface area contributed by atoms with Crippen molar-refractivity contribution >= 4 is 19.8 Å². The molecule has 0 aromatic heterocycles. The van der Waals surface area contributed by atoms with Crippen LogP contribution in [0.2, 0.25) is 8.87 Å². The van der Waals surface area contributed by atoms with Crippen molar-refractivity contribution < 1.29 is 0 Å². The summed E-state index contributed by atoms with van der Waals surface area (Å²) in [6.45, 7) is 4.55. The van der Waals surface area contributed by atoms with Gasteiger partial charge in [-0.2, -0.15) is 0 Å². The van der Waals surface area contributed by atoms with E-state index in [0.29, 0.717) is 0 Å². The molecule has 1 rings (SSSR count). The summed E-state index contributed by atoms with van der Waals surface area (Å²) in [6.07, 6.45) is 0. The van der Waals surface area contributed by atoms with Gasteiger partial charge in [-0.25, -0.2) is 0 Å². The molecule has 0 aliphatic heterocycles. The minimum atomic E-state index is -1.26. The van der Waals surface area contributed by atoms with Crippen LogP contribution in [0.5, 0.6) is 0 Å². The Morgan fingerprint density at radius 3 is 2.23 bits per heavy atom. The fourth-order valence-corrected chi connectivity index (χ4v) is 4.46. The van der Waals surface area contributed by atoms with Crippen LogP contribution in [0.4, 0.5) is 0 Å². The molecular weight excluding hydrogens is 263 g/mol. The summed E-state index contributed by atoms with van der Waals surface area (Å²) >= 11 is -1.26. The molecule has 0 bridgehead atoms. The summed E-state index contributed by atoms with van der Waals surface area (Å²) in [6, 6.07) is 10.3. The van der Waals surface area contributed by atoms with E-state index >= 15 is 0 Å². The van der Waals surface area contributed by atoms with Crippen molar-refractivity contribution in [1.82, 2.24) is 0 Å². The van der Waals surface area contributed by atoms with E-state index in [1.807, 2.05) is 18.2 Å². The molecule has 0 nitrogen and oxygen atoms in total. The zero-order chi connectivity index (χ0) is 9.52. The first-order valence-electron chi connectivity index (χ1n) is 4.78. The monoisotopic (exact) mass is 279 g/mol. The Labute approximate surface area is 88.1 Å². The molecule has 0 saturated heterocycles. The Morgan fingerprint density at radius 2 is 1.69 bits per heavy atom. The molecule has 0 aliphatic rings. The van der Waals surface area contributed by atoms with E-state index in [-0.39, 0.29) is 0 Å². The summed E-state index contributed by atoms with van der Waals surface area (Å²) in [5.41, 5.74) is 1.17. The predicted molar refractivity (Wildman–Crippen MR) is 60.0 cm³/mol. The zero-order valence-corrected chi connectivity index (χ0v) is 11.2. The van der Waals surface area contributed by atoms with E-state index in [9.17, 15) is 0 Å².